The molecule has 0 radical (unpaired) electrons. The number of nitrogens with one attached hydrogen (secondary N) is 1. The molecule has 1 saturated heterocycles. The lowest BCUT2D eigenvalue weighted by molar-refractivity contribution is 0.0950. The van der Waals surface area contributed by atoms with Crippen LogP contribution in [0.4, 0.5) is 0 Å². The van der Waals surface area contributed by atoms with Gasteiger partial charge in [0, 0.05) is 24.3 Å². The van der Waals surface area contributed by atoms with Gasteiger partial charge in [0.1, 0.15) is 0 Å². The Kier molecular flexibility index (Phi) is 5.68. The van der Waals surface area contributed by atoms with Crippen LogP contribution in [0.5, 0.6) is 0 Å². The van der Waals surface area contributed by atoms with E-state index in [0.717, 1.165) is 25.0 Å². The molecule has 1 atom stereocenters. The van der Waals surface area contributed by atoms with Crippen LogP contribution in [-0.2, 0) is 16.6 Å². The number of carbonyl (C=O) groups excluding carboxylic acids is 1. The first-order valence-corrected chi connectivity index (χ1v) is 10.2. The standard InChI is InChI=1S/C19H23N3O3S/c1-15-7-3-5-12-22(15)26(24,25)18-10-6-8-16(13-18)19(23)21-14-17-9-2-4-11-20-17/h2,4,6,8-11,13,15H,3,5,7,12,14H2,1H3,(H,21,23). The van der Waals surface area contributed by atoms with E-state index < -0.39 is 10.0 Å². The molecule has 0 saturated carbocycles. The van der Waals surface area contributed by atoms with Crippen molar-refractivity contribution in [3.63, 3.8) is 0 Å². The predicted molar refractivity (Wildman–Crippen MR) is 99.1 cm³/mol. The van der Waals surface area contributed by atoms with E-state index in [1.54, 1.807) is 34.8 Å². The van der Waals surface area contributed by atoms with Crippen molar-refractivity contribution in [1.29, 1.82) is 0 Å². The largest absolute Gasteiger partial charge is 0.346 e. The van der Waals surface area contributed by atoms with Crippen molar-refractivity contribution in [2.75, 3.05) is 6.54 Å². The number of pyridine rings is 1. The molecule has 138 valence electrons. The minimum Gasteiger partial charge on any atom is -0.346 e. The summed E-state index contributed by atoms with van der Waals surface area (Å²) in [4.78, 5) is 16.7. The molecule has 0 aliphatic carbocycles. The number of piperidine rings is 1. The van der Waals surface area contributed by atoms with Crippen molar-refractivity contribution in [2.24, 2.45) is 0 Å². The average molecular weight is 373 g/mol. The Morgan fingerprint density at radius 1 is 1.23 bits per heavy atom. The maximum atomic E-state index is 12.9. The van der Waals surface area contributed by atoms with Crippen LogP contribution < -0.4 is 5.32 Å². The second kappa shape index (κ2) is 7.97. The Balaban J connectivity index is 1.76. The molecule has 26 heavy (non-hydrogen) atoms. The Hall–Kier alpha value is -2.25. The minimum absolute atomic E-state index is 0.0182. The Morgan fingerprint density at radius 2 is 2.08 bits per heavy atom. The normalized spacial score (nSPS) is 18.4. The van der Waals surface area contributed by atoms with Gasteiger partial charge in [0.25, 0.3) is 5.91 Å². The van der Waals surface area contributed by atoms with Crippen LogP contribution in [0.3, 0.4) is 0 Å². The Morgan fingerprint density at radius 3 is 2.81 bits per heavy atom. The maximum Gasteiger partial charge on any atom is 0.251 e. The molecule has 6 nitrogen and oxygen atoms in total. The van der Waals surface area contributed by atoms with E-state index in [-0.39, 0.29) is 16.8 Å². The number of aromatic nitrogens is 1. The monoisotopic (exact) mass is 373 g/mol. The molecule has 1 aromatic heterocycles. The van der Waals surface area contributed by atoms with Gasteiger partial charge in [0.15, 0.2) is 0 Å². The number of rotatable bonds is 5. The van der Waals surface area contributed by atoms with E-state index in [1.807, 2.05) is 19.1 Å². The molecule has 0 bridgehead atoms. The third-order valence-electron chi connectivity index (χ3n) is 4.60. The van der Waals surface area contributed by atoms with Crippen LogP contribution in [-0.4, -0.2) is 36.2 Å². The molecule has 1 aliphatic heterocycles. The molecule has 1 aromatic carbocycles. The molecule has 1 unspecified atom stereocenters. The molecule has 1 aliphatic rings. The van der Waals surface area contributed by atoms with Gasteiger partial charge in [-0.1, -0.05) is 18.6 Å². The summed E-state index contributed by atoms with van der Waals surface area (Å²) in [6.07, 6.45) is 4.44. The smallest absolute Gasteiger partial charge is 0.251 e. The number of sulfonamides is 1. The van der Waals surface area contributed by atoms with Crippen LogP contribution in [0.2, 0.25) is 0 Å². The van der Waals surface area contributed by atoms with Crippen LogP contribution in [0, 0.1) is 0 Å². The van der Waals surface area contributed by atoms with Gasteiger partial charge < -0.3 is 5.32 Å². The molecular formula is C19H23N3O3S. The number of hydrogen-bond acceptors (Lipinski definition) is 4. The van der Waals surface area contributed by atoms with Gasteiger partial charge >= 0.3 is 0 Å². The van der Waals surface area contributed by atoms with Crippen molar-refractivity contribution in [3.05, 3.63) is 59.9 Å². The highest BCUT2D eigenvalue weighted by molar-refractivity contribution is 7.89. The third kappa shape index (κ3) is 4.11. The van der Waals surface area contributed by atoms with Crippen LogP contribution in [0.1, 0.15) is 42.2 Å². The lowest BCUT2D eigenvalue weighted by Gasteiger charge is -2.32. The summed E-state index contributed by atoms with van der Waals surface area (Å²) in [5.41, 5.74) is 1.07. The zero-order valence-corrected chi connectivity index (χ0v) is 15.6. The van der Waals surface area contributed by atoms with Crippen molar-refractivity contribution >= 4 is 15.9 Å². The molecular weight excluding hydrogens is 350 g/mol. The number of amides is 1. The topological polar surface area (TPSA) is 79.4 Å². The fraction of sp³-hybridized carbons (Fsp3) is 0.368. The molecule has 1 fully saturated rings. The second-order valence-corrected chi connectivity index (χ2v) is 8.38. The summed E-state index contributed by atoms with van der Waals surface area (Å²) in [5, 5.41) is 2.77. The summed E-state index contributed by atoms with van der Waals surface area (Å²) in [7, 11) is -3.59. The van der Waals surface area contributed by atoms with Gasteiger partial charge in [-0.2, -0.15) is 4.31 Å². The van der Waals surface area contributed by atoms with Crippen LogP contribution in [0.15, 0.2) is 53.6 Å². The average Bonchev–Trinajstić information content (AvgIpc) is 2.67. The summed E-state index contributed by atoms with van der Waals surface area (Å²) < 4.78 is 27.4. The van der Waals surface area contributed by atoms with Gasteiger partial charge in [-0.05, 0) is 50.1 Å². The van der Waals surface area contributed by atoms with Crippen molar-refractivity contribution in [1.82, 2.24) is 14.6 Å². The third-order valence-corrected chi connectivity index (χ3v) is 6.61. The number of carbonyl (C=O) groups is 1. The second-order valence-electron chi connectivity index (χ2n) is 6.49. The first-order valence-electron chi connectivity index (χ1n) is 8.78. The SMILES string of the molecule is CC1CCCCN1S(=O)(=O)c1cccc(C(=O)NCc2ccccn2)c1. The highest BCUT2D eigenvalue weighted by Crippen LogP contribution is 2.25. The van der Waals surface area contributed by atoms with E-state index in [2.05, 4.69) is 10.3 Å². The maximum absolute atomic E-state index is 12.9. The number of hydrogen-bond donors (Lipinski definition) is 1. The van der Waals surface area contributed by atoms with E-state index in [0.29, 0.717) is 18.7 Å². The van der Waals surface area contributed by atoms with Gasteiger partial charge in [-0.15, -0.1) is 0 Å². The Bertz CT molecular complexity index is 869. The summed E-state index contributed by atoms with van der Waals surface area (Å²) >= 11 is 0. The van der Waals surface area contributed by atoms with E-state index in [1.165, 1.54) is 6.07 Å². The lowest BCUT2D eigenvalue weighted by atomic mass is 10.1. The van der Waals surface area contributed by atoms with E-state index >= 15 is 0 Å². The van der Waals surface area contributed by atoms with Gasteiger partial charge in [-0.3, -0.25) is 9.78 Å². The molecule has 1 amide bonds. The molecule has 0 spiro atoms. The predicted octanol–water partition coefficient (Wildman–Crippen LogP) is 2.57. The fourth-order valence-electron chi connectivity index (χ4n) is 3.14. The highest BCUT2D eigenvalue weighted by atomic mass is 32.2. The summed E-state index contributed by atoms with van der Waals surface area (Å²) in [6, 6.07) is 11.7. The highest BCUT2D eigenvalue weighted by Gasteiger charge is 2.31. The number of nitrogens with zero attached hydrogens (tertiary/aromatic N) is 2. The van der Waals surface area contributed by atoms with Crippen LogP contribution >= 0.6 is 0 Å². The first kappa shape index (κ1) is 18.5. The summed E-state index contributed by atoms with van der Waals surface area (Å²) in [6.45, 7) is 2.75. The Labute approximate surface area is 154 Å². The molecule has 7 heteroatoms. The zero-order chi connectivity index (χ0) is 18.6. The van der Waals surface area contributed by atoms with Gasteiger partial charge in [0.05, 0.1) is 17.1 Å². The van der Waals surface area contributed by atoms with Crippen molar-refractivity contribution in [3.8, 4) is 0 Å². The van der Waals surface area contributed by atoms with Crippen LogP contribution in [0.25, 0.3) is 0 Å². The number of benzene rings is 1. The fourth-order valence-corrected chi connectivity index (χ4v) is 4.88. The zero-order valence-electron chi connectivity index (χ0n) is 14.8. The molecule has 3 rings (SSSR count). The van der Waals surface area contributed by atoms with E-state index in [9.17, 15) is 13.2 Å². The van der Waals surface area contributed by atoms with Crippen molar-refractivity contribution in [2.45, 2.75) is 43.7 Å². The molecule has 2 aromatic rings. The van der Waals surface area contributed by atoms with Gasteiger partial charge in [-0.25, -0.2) is 8.42 Å². The van der Waals surface area contributed by atoms with Gasteiger partial charge in [0.2, 0.25) is 10.0 Å². The first-order chi connectivity index (χ1) is 12.5. The molecule has 2 heterocycles. The quantitative estimate of drug-likeness (QED) is 0.874. The summed E-state index contributed by atoms with van der Waals surface area (Å²) in [5.74, 6) is -0.320. The van der Waals surface area contributed by atoms with E-state index in [4.69, 9.17) is 0 Å². The lowest BCUT2D eigenvalue weighted by Crippen LogP contribution is -2.42. The molecule has 1 N–H and O–H groups in total. The van der Waals surface area contributed by atoms with Crippen molar-refractivity contribution < 1.29 is 13.2 Å². The minimum atomic E-state index is -3.59.